The highest BCUT2D eigenvalue weighted by Gasteiger charge is 2.05. The van der Waals surface area contributed by atoms with Crippen LogP contribution in [0.4, 0.5) is 0 Å². The van der Waals surface area contributed by atoms with Crippen molar-refractivity contribution in [2.24, 2.45) is 0 Å². The van der Waals surface area contributed by atoms with Crippen LogP contribution in [0.2, 0.25) is 0 Å². The van der Waals surface area contributed by atoms with Crippen LogP contribution in [0.1, 0.15) is 71.4 Å². The summed E-state index contributed by atoms with van der Waals surface area (Å²) in [6.07, 6.45) is 2.31. The summed E-state index contributed by atoms with van der Waals surface area (Å²) in [5, 5.41) is 3.27. The van der Waals surface area contributed by atoms with E-state index in [0.29, 0.717) is 5.92 Å². The van der Waals surface area contributed by atoms with E-state index < -0.39 is 0 Å². The van der Waals surface area contributed by atoms with E-state index in [0.717, 1.165) is 6.42 Å². The Labute approximate surface area is 120 Å². The average molecular weight is 261 g/mol. The van der Waals surface area contributed by atoms with Crippen molar-refractivity contribution < 1.29 is 0 Å². The fourth-order valence-electron chi connectivity index (χ4n) is 2.02. The molecule has 1 aromatic rings. The Kier molecular flexibility index (Phi) is 9.03. The summed E-state index contributed by atoms with van der Waals surface area (Å²) in [6, 6.07) is 9.00. The van der Waals surface area contributed by atoms with Crippen LogP contribution in [0.25, 0.3) is 5.57 Å². The molecule has 0 fully saturated rings. The van der Waals surface area contributed by atoms with Crippen molar-refractivity contribution in [2.75, 3.05) is 7.05 Å². The van der Waals surface area contributed by atoms with Gasteiger partial charge in [-0.05, 0) is 36.0 Å². The molecule has 108 valence electrons. The third-order valence-corrected chi connectivity index (χ3v) is 3.25. The minimum atomic E-state index is 0.605. The molecule has 0 saturated carbocycles. The summed E-state index contributed by atoms with van der Waals surface area (Å²) in [7, 11) is 1.99. The maximum atomic E-state index is 3.27. The smallest absolute Gasteiger partial charge is 0.0111 e. The Morgan fingerprint density at radius 2 is 1.63 bits per heavy atom. The third-order valence-electron chi connectivity index (χ3n) is 3.25. The van der Waals surface area contributed by atoms with Crippen molar-refractivity contribution in [3.05, 3.63) is 41.1 Å². The van der Waals surface area contributed by atoms with Gasteiger partial charge in [-0.15, -0.1) is 0 Å². The molecule has 0 spiro atoms. The van der Waals surface area contributed by atoms with Crippen molar-refractivity contribution in [3.63, 3.8) is 0 Å². The molecular weight excluding hydrogens is 230 g/mol. The second-order valence-corrected chi connectivity index (χ2v) is 4.88. The Bertz CT molecular complexity index is 371. The van der Waals surface area contributed by atoms with Crippen LogP contribution in [0.3, 0.4) is 0 Å². The molecule has 1 rings (SSSR count). The second-order valence-electron chi connectivity index (χ2n) is 4.88. The third kappa shape index (κ3) is 5.50. The van der Waals surface area contributed by atoms with E-state index in [-0.39, 0.29) is 0 Å². The van der Waals surface area contributed by atoms with E-state index >= 15 is 0 Å². The fraction of sp³-hybridized carbons (Fsp3) is 0.556. The van der Waals surface area contributed by atoms with Gasteiger partial charge < -0.3 is 5.32 Å². The molecule has 0 aliphatic carbocycles. The highest BCUT2D eigenvalue weighted by Crippen LogP contribution is 2.24. The summed E-state index contributed by atoms with van der Waals surface area (Å²) < 4.78 is 0. The second kappa shape index (κ2) is 9.66. The fourth-order valence-corrected chi connectivity index (χ4v) is 2.02. The van der Waals surface area contributed by atoms with Crippen LogP contribution in [0.15, 0.2) is 30.0 Å². The van der Waals surface area contributed by atoms with Crippen molar-refractivity contribution in [1.29, 1.82) is 0 Å². The molecule has 1 heteroatoms. The first-order valence-corrected chi connectivity index (χ1v) is 7.58. The zero-order chi connectivity index (χ0) is 14.8. The molecule has 0 aliphatic heterocycles. The number of hydrogen-bond donors (Lipinski definition) is 1. The molecule has 0 heterocycles. The monoisotopic (exact) mass is 261 g/mol. The lowest BCUT2D eigenvalue weighted by Crippen LogP contribution is -2.05. The summed E-state index contributed by atoms with van der Waals surface area (Å²) in [4.78, 5) is 0. The Balaban J connectivity index is 0.00000154. The number of nitrogens with one attached hydrogen (secondary N) is 1. The van der Waals surface area contributed by atoms with Gasteiger partial charge in [0.25, 0.3) is 0 Å². The molecule has 0 aromatic heterocycles. The first-order chi connectivity index (χ1) is 9.10. The number of benzene rings is 1. The van der Waals surface area contributed by atoms with Gasteiger partial charge in [-0.2, -0.15) is 0 Å². The van der Waals surface area contributed by atoms with Crippen LogP contribution in [0, 0.1) is 0 Å². The molecule has 1 nitrogen and oxygen atoms in total. The molecular formula is C18H31N. The average Bonchev–Trinajstić information content (AvgIpc) is 2.46. The van der Waals surface area contributed by atoms with E-state index in [4.69, 9.17) is 0 Å². The van der Waals surface area contributed by atoms with E-state index in [1.807, 2.05) is 20.9 Å². The highest BCUT2D eigenvalue weighted by atomic mass is 14.8. The van der Waals surface area contributed by atoms with E-state index in [2.05, 4.69) is 57.3 Å². The lowest BCUT2D eigenvalue weighted by Gasteiger charge is -2.13. The van der Waals surface area contributed by atoms with E-state index in [1.54, 1.807) is 0 Å². The Hall–Kier alpha value is -1.24. The van der Waals surface area contributed by atoms with Crippen LogP contribution in [0.5, 0.6) is 0 Å². The molecule has 1 aromatic carbocycles. The van der Waals surface area contributed by atoms with Crippen molar-refractivity contribution in [3.8, 4) is 0 Å². The molecule has 0 bridgehead atoms. The quantitative estimate of drug-likeness (QED) is 0.729. The predicted octanol–water partition coefficient (Wildman–Crippen LogP) is 5.59. The SMILES string of the molecule is CC.CCC/C(=C(/C)NC)c1ccc(C(C)C)cc1. The summed E-state index contributed by atoms with van der Waals surface area (Å²) in [5.74, 6) is 0.605. The van der Waals surface area contributed by atoms with Crippen LogP contribution >= 0.6 is 0 Å². The van der Waals surface area contributed by atoms with Crippen LogP contribution < -0.4 is 5.32 Å². The van der Waals surface area contributed by atoms with Gasteiger partial charge in [-0.25, -0.2) is 0 Å². The maximum absolute atomic E-state index is 3.27. The van der Waals surface area contributed by atoms with E-state index in [1.165, 1.54) is 28.8 Å². The van der Waals surface area contributed by atoms with Gasteiger partial charge in [0.15, 0.2) is 0 Å². The summed E-state index contributed by atoms with van der Waals surface area (Å²) in [6.45, 7) is 12.8. The van der Waals surface area contributed by atoms with Crippen molar-refractivity contribution >= 4 is 5.57 Å². The lowest BCUT2D eigenvalue weighted by molar-refractivity contribution is 0.865. The normalized spacial score (nSPS) is 11.6. The van der Waals surface area contributed by atoms with Crippen molar-refractivity contribution in [2.45, 2.75) is 60.3 Å². The largest absolute Gasteiger partial charge is 0.391 e. The number of hydrogen-bond acceptors (Lipinski definition) is 1. The molecule has 0 atom stereocenters. The standard InChI is InChI=1S/C16H25N.C2H6/c1-6-7-16(13(4)17-5)15-10-8-14(9-11-15)12(2)3;1-2/h8-12,17H,6-7H2,1-5H3;1-2H3/b16-13+;. The van der Waals surface area contributed by atoms with Gasteiger partial charge in [0.1, 0.15) is 0 Å². The topological polar surface area (TPSA) is 12.0 Å². The van der Waals surface area contributed by atoms with Gasteiger partial charge >= 0.3 is 0 Å². The lowest BCUT2D eigenvalue weighted by atomic mass is 9.95. The molecule has 0 amide bonds. The zero-order valence-electron chi connectivity index (χ0n) is 13.8. The number of allylic oxidation sites excluding steroid dienone is 2. The minimum Gasteiger partial charge on any atom is -0.391 e. The first-order valence-electron chi connectivity index (χ1n) is 7.58. The summed E-state index contributed by atoms with van der Waals surface area (Å²) >= 11 is 0. The van der Waals surface area contributed by atoms with Crippen LogP contribution in [-0.2, 0) is 0 Å². The van der Waals surface area contributed by atoms with E-state index in [9.17, 15) is 0 Å². The molecule has 19 heavy (non-hydrogen) atoms. The molecule has 0 saturated heterocycles. The number of rotatable bonds is 5. The Morgan fingerprint density at radius 3 is 2.00 bits per heavy atom. The summed E-state index contributed by atoms with van der Waals surface area (Å²) in [5.41, 5.74) is 5.48. The highest BCUT2D eigenvalue weighted by molar-refractivity contribution is 5.68. The Morgan fingerprint density at radius 1 is 1.11 bits per heavy atom. The maximum Gasteiger partial charge on any atom is 0.0111 e. The van der Waals surface area contributed by atoms with Crippen molar-refractivity contribution in [1.82, 2.24) is 5.32 Å². The van der Waals surface area contributed by atoms with Gasteiger partial charge in [0.05, 0.1) is 0 Å². The van der Waals surface area contributed by atoms with Gasteiger partial charge in [0, 0.05) is 12.7 Å². The molecule has 0 aliphatic rings. The molecule has 1 N–H and O–H groups in total. The zero-order valence-corrected chi connectivity index (χ0v) is 13.8. The van der Waals surface area contributed by atoms with Gasteiger partial charge in [0.2, 0.25) is 0 Å². The molecule has 0 radical (unpaired) electrons. The predicted molar refractivity (Wildman–Crippen MR) is 88.4 cm³/mol. The molecule has 0 unspecified atom stereocenters. The van der Waals surface area contributed by atoms with Gasteiger partial charge in [-0.3, -0.25) is 0 Å². The first kappa shape index (κ1) is 17.8. The van der Waals surface area contributed by atoms with Crippen LogP contribution in [-0.4, -0.2) is 7.05 Å². The minimum absolute atomic E-state index is 0.605. The van der Waals surface area contributed by atoms with Gasteiger partial charge in [-0.1, -0.05) is 65.3 Å².